The predicted octanol–water partition coefficient (Wildman–Crippen LogP) is 1.66. The summed E-state index contributed by atoms with van der Waals surface area (Å²) in [7, 11) is 1.45. The van der Waals surface area contributed by atoms with Crippen molar-refractivity contribution >= 4 is 23.3 Å². The second kappa shape index (κ2) is 7.58. The summed E-state index contributed by atoms with van der Waals surface area (Å²) in [5.74, 6) is 0.879. The fraction of sp³-hybridized carbons (Fsp3) is 0.667. The van der Waals surface area contributed by atoms with E-state index in [9.17, 15) is 4.79 Å². The number of hydrogen-bond acceptors (Lipinski definition) is 5. The molecule has 1 aromatic heterocycles. The Bertz CT molecular complexity index is 543. The number of thiazole rings is 1. The fourth-order valence-electron chi connectivity index (χ4n) is 2.64. The monoisotopic (exact) mass is 324 g/mol. The number of hydrogen-bond donors (Lipinski definition) is 1. The third kappa shape index (κ3) is 3.97. The average Bonchev–Trinajstić information content (AvgIpc) is 3.08. The van der Waals surface area contributed by atoms with Crippen LogP contribution in [0.1, 0.15) is 23.7 Å². The molecule has 2 atom stereocenters. The second-order valence-corrected chi connectivity index (χ2v) is 6.87. The van der Waals surface area contributed by atoms with Gasteiger partial charge < -0.3 is 15.0 Å². The van der Waals surface area contributed by atoms with E-state index in [0.717, 1.165) is 24.1 Å². The summed E-state index contributed by atoms with van der Waals surface area (Å²) in [6.45, 7) is 8.98. The lowest BCUT2D eigenvalue weighted by atomic mass is 9.99. The lowest BCUT2D eigenvalue weighted by Gasteiger charge is -2.21. The highest BCUT2D eigenvalue weighted by atomic mass is 32.1. The normalized spacial score (nSPS) is 22.0. The number of nitrogens with one attached hydrogen (secondary N) is 1. The van der Waals surface area contributed by atoms with Crippen molar-refractivity contribution in [2.45, 2.75) is 27.3 Å². The first kappa shape index (κ1) is 16.7. The van der Waals surface area contributed by atoms with Crippen molar-refractivity contribution in [3.8, 4) is 0 Å². The van der Waals surface area contributed by atoms with Gasteiger partial charge in [0.2, 0.25) is 0 Å². The molecule has 1 aliphatic heterocycles. The third-order valence-corrected chi connectivity index (χ3v) is 4.68. The van der Waals surface area contributed by atoms with Crippen molar-refractivity contribution in [1.82, 2.24) is 15.2 Å². The minimum atomic E-state index is -0.138. The number of likely N-dealkylation sites (tertiary alicyclic amines) is 1. The fourth-order valence-corrected chi connectivity index (χ4v) is 3.35. The summed E-state index contributed by atoms with van der Waals surface area (Å²) in [5.41, 5.74) is 0. The lowest BCUT2D eigenvalue weighted by molar-refractivity contribution is -0.145. The van der Waals surface area contributed by atoms with Crippen molar-refractivity contribution in [3.63, 3.8) is 0 Å². The van der Waals surface area contributed by atoms with Gasteiger partial charge in [-0.1, -0.05) is 6.92 Å². The van der Waals surface area contributed by atoms with E-state index >= 15 is 0 Å². The minimum absolute atomic E-state index is 0.0871. The van der Waals surface area contributed by atoms with Gasteiger partial charge in [-0.05, 0) is 19.8 Å². The van der Waals surface area contributed by atoms with Gasteiger partial charge in [-0.2, -0.15) is 0 Å². The molecule has 1 N–H and O–H groups in total. The predicted molar refractivity (Wildman–Crippen MR) is 87.9 cm³/mol. The van der Waals surface area contributed by atoms with Gasteiger partial charge in [-0.3, -0.25) is 4.79 Å². The first-order chi connectivity index (χ1) is 10.5. The zero-order chi connectivity index (χ0) is 16.1. The average molecular weight is 324 g/mol. The molecule has 0 saturated carbocycles. The van der Waals surface area contributed by atoms with Crippen LogP contribution in [0, 0.1) is 18.8 Å². The van der Waals surface area contributed by atoms with E-state index in [1.165, 1.54) is 12.0 Å². The molecule has 122 valence electrons. The number of carbonyl (C=O) groups excluding carboxylic acids is 1. The van der Waals surface area contributed by atoms with Gasteiger partial charge in [0.25, 0.3) is 0 Å². The molecule has 2 rings (SSSR count). The number of rotatable bonds is 4. The molecule has 22 heavy (non-hydrogen) atoms. The zero-order valence-corrected chi connectivity index (χ0v) is 14.4. The minimum Gasteiger partial charge on any atom is -0.469 e. The molecule has 1 aliphatic rings. The van der Waals surface area contributed by atoms with Crippen molar-refractivity contribution in [2.24, 2.45) is 16.8 Å². The Morgan fingerprint density at radius 3 is 2.95 bits per heavy atom. The van der Waals surface area contributed by atoms with Gasteiger partial charge in [-0.15, -0.1) is 11.3 Å². The Labute approximate surface area is 135 Å². The van der Waals surface area contributed by atoms with E-state index in [-0.39, 0.29) is 17.8 Å². The standard InChI is InChI=1S/C15H24N4O2S/c1-5-16-15(18-7-13-17-6-11(3)22-13)19-8-10(2)12(9-19)14(20)21-4/h6,10,12H,5,7-9H2,1-4H3,(H,16,18). The van der Waals surface area contributed by atoms with Crippen LogP contribution in [0.2, 0.25) is 0 Å². The summed E-state index contributed by atoms with van der Waals surface area (Å²) in [6.07, 6.45) is 1.87. The Hall–Kier alpha value is -1.63. The number of aryl methyl sites for hydroxylation is 1. The van der Waals surface area contributed by atoms with E-state index in [1.807, 2.05) is 20.0 Å². The number of nitrogens with zero attached hydrogens (tertiary/aromatic N) is 3. The molecule has 1 fully saturated rings. The van der Waals surface area contributed by atoms with Crippen LogP contribution in [-0.2, 0) is 16.1 Å². The molecule has 1 aromatic rings. The van der Waals surface area contributed by atoms with Crippen LogP contribution in [0.5, 0.6) is 0 Å². The Kier molecular flexibility index (Phi) is 5.76. The molecule has 0 bridgehead atoms. The number of ether oxygens (including phenoxy) is 1. The molecule has 2 unspecified atom stereocenters. The maximum atomic E-state index is 11.8. The van der Waals surface area contributed by atoms with Crippen LogP contribution in [-0.4, -0.2) is 48.6 Å². The smallest absolute Gasteiger partial charge is 0.310 e. The Morgan fingerprint density at radius 1 is 1.59 bits per heavy atom. The molecule has 0 radical (unpaired) electrons. The number of aliphatic imine (C=N–C) groups is 1. The summed E-state index contributed by atoms with van der Waals surface area (Å²) in [5, 5.41) is 4.30. The van der Waals surface area contributed by atoms with Gasteiger partial charge in [0.05, 0.1) is 19.6 Å². The zero-order valence-electron chi connectivity index (χ0n) is 13.6. The first-order valence-electron chi connectivity index (χ1n) is 7.57. The molecule has 0 amide bonds. The molecule has 6 nitrogen and oxygen atoms in total. The lowest BCUT2D eigenvalue weighted by Crippen LogP contribution is -2.40. The Balaban J connectivity index is 2.06. The van der Waals surface area contributed by atoms with Gasteiger partial charge in [0.1, 0.15) is 5.01 Å². The van der Waals surface area contributed by atoms with Gasteiger partial charge in [0.15, 0.2) is 5.96 Å². The number of carbonyl (C=O) groups is 1. The molecule has 0 aliphatic carbocycles. The highest BCUT2D eigenvalue weighted by Gasteiger charge is 2.36. The quantitative estimate of drug-likeness (QED) is 0.518. The van der Waals surface area contributed by atoms with Crippen LogP contribution in [0.15, 0.2) is 11.2 Å². The Morgan fingerprint density at radius 2 is 2.36 bits per heavy atom. The number of guanidine groups is 1. The van der Waals surface area contributed by atoms with Crippen LogP contribution in [0.3, 0.4) is 0 Å². The topological polar surface area (TPSA) is 66.8 Å². The van der Waals surface area contributed by atoms with Crippen molar-refractivity contribution < 1.29 is 9.53 Å². The third-order valence-electron chi connectivity index (χ3n) is 3.78. The molecule has 0 spiro atoms. The van der Waals surface area contributed by atoms with Gasteiger partial charge in [-0.25, -0.2) is 9.98 Å². The second-order valence-electron chi connectivity index (χ2n) is 5.55. The van der Waals surface area contributed by atoms with Crippen molar-refractivity contribution in [2.75, 3.05) is 26.7 Å². The summed E-state index contributed by atoms with van der Waals surface area (Å²) in [6, 6.07) is 0. The van der Waals surface area contributed by atoms with Gasteiger partial charge >= 0.3 is 5.97 Å². The van der Waals surface area contributed by atoms with E-state index in [2.05, 4.69) is 27.1 Å². The van der Waals surface area contributed by atoms with E-state index < -0.39 is 0 Å². The van der Waals surface area contributed by atoms with Crippen LogP contribution >= 0.6 is 11.3 Å². The molecule has 1 saturated heterocycles. The maximum absolute atomic E-state index is 11.8. The van der Waals surface area contributed by atoms with Crippen LogP contribution < -0.4 is 5.32 Å². The highest BCUT2D eigenvalue weighted by Crippen LogP contribution is 2.24. The first-order valence-corrected chi connectivity index (χ1v) is 8.39. The number of esters is 1. The molecule has 0 aromatic carbocycles. The summed E-state index contributed by atoms with van der Waals surface area (Å²) >= 11 is 1.66. The SMILES string of the molecule is CCNC(=NCc1ncc(C)s1)N1CC(C)C(C(=O)OC)C1. The molecule has 2 heterocycles. The van der Waals surface area contributed by atoms with Crippen molar-refractivity contribution in [3.05, 3.63) is 16.1 Å². The summed E-state index contributed by atoms with van der Waals surface area (Å²) < 4.78 is 4.89. The van der Waals surface area contributed by atoms with Crippen LogP contribution in [0.25, 0.3) is 0 Å². The molecular formula is C15H24N4O2S. The number of methoxy groups -OCH3 is 1. The molecule has 7 heteroatoms. The van der Waals surface area contributed by atoms with E-state index in [1.54, 1.807) is 11.3 Å². The number of aromatic nitrogens is 1. The van der Waals surface area contributed by atoms with E-state index in [4.69, 9.17) is 4.74 Å². The van der Waals surface area contributed by atoms with E-state index in [0.29, 0.717) is 13.1 Å². The highest BCUT2D eigenvalue weighted by molar-refractivity contribution is 7.11. The maximum Gasteiger partial charge on any atom is 0.310 e. The van der Waals surface area contributed by atoms with Crippen LogP contribution in [0.4, 0.5) is 0 Å². The van der Waals surface area contributed by atoms with Crippen molar-refractivity contribution in [1.29, 1.82) is 0 Å². The van der Waals surface area contributed by atoms with Gasteiger partial charge in [0, 0.05) is 30.7 Å². The molecular weight excluding hydrogens is 300 g/mol. The largest absolute Gasteiger partial charge is 0.469 e. The summed E-state index contributed by atoms with van der Waals surface area (Å²) in [4.78, 5) is 24.1.